The zero-order valence-corrected chi connectivity index (χ0v) is 13.0. The van der Waals surface area contributed by atoms with Gasteiger partial charge in [0.25, 0.3) is 0 Å². The van der Waals surface area contributed by atoms with Crippen molar-refractivity contribution in [2.24, 2.45) is 5.92 Å². The number of piperazine rings is 1. The van der Waals surface area contributed by atoms with Gasteiger partial charge < -0.3 is 5.32 Å². The van der Waals surface area contributed by atoms with Crippen LogP contribution in [0.1, 0.15) is 66.2 Å². The van der Waals surface area contributed by atoms with E-state index in [1.165, 1.54) is 58.2 Å². The third-order valence-corrected chi connectivity index (χ3v) is 4.61. The van der Waals surface area contributed by atoms with Crippen molar-refractivity contribution in [3.63, 3.8) is 0 Å². The zero-order chi connectivity index (χ0) is 13.4. The molecule has 1 rings (SSSR count). The van der Waals surface area contributed by atoms with Crippen LogP contribution in [0.3, 0.4) is 0 Å². The summed E-state index contributed by atoms with van der Waals surface area (Å²) in [6.45, 7) is 13.1. The lowest BCUT2D eigenvalue weighted by atomic mass is 9.95. The first-order chi connectivity index (χ1) is 8.69. The van der Waals surface area contributed by atoms with Crippen molar-refractivity contribution < 1.29 is 0 Å². The lowest BCUT2D eigenvalue weighted by Gasteiger charge is -2.41. The van der Waals surface area contributed by atoms with Crippen LogP contribution in [0.25, 0.3) is 0 Å². The second-order valence-corrected chi connectivity index (χ2v) is 6.16. The molecule has 3 unspecified atom stereocenters. The fraction of sp³-hybridized carbons (Fsp3) is 1.00. The van der Waals surface area contributed by atoms with Crippen LogP contribution in [0.5, 0.6) is 0 Å². The Balaban J connectivity index is 2.24. The molecule has 1 aliphatic heterocycles. The molecule has 1 saturated heterocycles. The smallest absolute Gasteiger partial charge is 0.0221 e. The van der Waals surface area contributed by atoms with Gasteiger partial charge in [-0.25, -0.2) is 0 Å². The van der Waals surface area contributed by atoms with Crippen molar-refractivity contribution in [3.8, 4) is 0 Å². The maximum Gasteiger partial charge on any atom is 0.0221 e. The molecule has 0 amide bonds. The second kappa shape index (κ2) is 8.92. The largest absolute Gasteiger partial charge is 0.311 e. The van der Waals surface area contributed by atoms with Crippen molar-refractivity contribution in [1.82, 2.24) is 10.2 Å². The molecular weight excluding hydrogens is 220 g/mol. The van der Waals surface area contributed by atoms with E-state index in [0.717, 1.165) is 12.0 Å². The molecule has 0 radical (unpaired) electrons. The average Bonchev–Trinajstić information content (AvgIpc) is 2.39. The van der Waals surface area contributed by atoms with Gasteiger partial charge in [-0.1, -0.05) is 52.9 Å². The predicted molar refractivity (Wildman–Crippen MR) is 81.0 cm³/mol. The third kappa shape index (κ3) is 5.27. The van der Waals surface area contributed by atoms with E-state index in [0.29, 0.717) is 6.04 Å². The first-order valence-electron chi connectivity index (χ1n) is 8.16. The monoisotopic (exact) mass is 254 g/mol. The molecule has 0 aromatic carbocycles. The number of nitrogens with one attached hydrogen (secondary N) is 1. The highest BCUT2D eigenvalue weighted by atomic mass is 15.2. The summed E-state index contributed by atoms with van der Waals surface area (Å²) in [7, 11) is 0. The molecule has 2 nitrogen and oxygen atoms in total. The quantitative estimate of drug-likeness (QED) is 0.665. The number of hydrogen-bond donors (Lipinski definition) is 1. The number of hydrogen-bond acceptors (Lipinski definition) is 2. The molecule has 0 spiro atoms. The zero-order valence-electron chi connectivity index (χ0n) is 13.0. The molecular formula is C16H34N2. The van der Waals surface area contributed by atoms with E-state index in [4.69, 9.17) is 0 Å². The van der Waals surface area contributed by atoms with Crippen LogP contribution in [0.15, 0.2) is 0 Å². The van der Waals surface area contributed by atoms with Crippen molar-refractivity contribution >= 4 is 0 Å². The Morgan fingerprint density at radius 2 is 1.89 bits per heavy atom. The molecule has 108 valence electrons. The fourth-order valence-electron chi connectivity index (χ4n) is 2.84. The number of nitrogens with zero attached hydrogens (tertiary/aromatic N) is 1. The molecule has 0 saturated carbocycles. The third-order valence-electron chi connectivity index (χ3n) is 4.61. The van der Waals surface area contributed by atoms with E-state index in [2.05, 4.69) is 37.9 Å². The van der Waals surface area contributed by atoms with Crippen LogP contribution in [-0.4, -0.2) is 36.6 Å². The average molecular weight is 254 g/mol. The van der Waals surface area contributed by atoms with Gasteiger partial charge in [0.2, 0.25) is 0 Å². The second-order valence-electron chi connectivity index (χ2n) is 6.16. The Kier molecular flexibility index (Phi) is 7.92. The highest BCUT2D eigenvalue weighted by molar-refractivity contribution is 4.86. The minimum Gasteiger partial charge on any atom is -0.311 e. The van der Waals surface area contributed by atoms with E-state index in [1.807, 2.05) is 0 Å². The maximum atomic E-state index is 3.72. The lowest BCUT2D eigenvalue weighted by molar-refractivity contribution is 0.116. The van der Waals surface area contributed by atoms with Gasteiger partial charge in [-0.3, -0.25) is 4.90 Å². The Morgan fingerprint density at radius 1 is 1.17 bits per heavy atom. The van der Waals surface area contributed by atoms with E-state index in [1.54, 1.807) is 0 Å². The Bertz CT molecular complexity index is 205. The first-order valence-corrected chi connectivity index (χ1v) is 8.16. The molecule has 1 N–H and O–H groups in total. The van der Waals surface area contributed by atoms with Gasteiger partial charge in [0.15, 0.2) is 0 Å². The highest BCUT2D eigenvalue weighted by Crippen LogP contribution is 2.16. The van der Waals surface area contributed by atoms with Crippen molar-refractivity contribution in [2.75, 3.05) is 19.6 Å². The van der Waals surface area contributed by atoms with Crippen LogP contribution in [-0.2, 0) is 0 Å². The Morgan fingerprint density at radius 3 is 2.56 bits per heavy atom. The van der Waals surface area contributed by atoms with Gasteiger partial charge in [0.1, 0.15) is 0 Å². The summed E-state index contributed by atoms with van der Waals surface area (Å²) in [5, 5.41) is 3.72. The minimum atomic E-state index is 0.710. The van der Waals surface area contributed by atoms with Crippen molar-refractivity contribution in [1.29, 1.82) is 0 Å². The van der Waals surface area contributed by atoms with Crippen LogP contribution in [0.4, 0.5) is 0 Å². The number of rotatable bonds is 8. The first kappa shape index (κ1) is 16.0. The molecule has 0 aromatic heterocycles. The van der Waals surface area contributed by atoms with E-state index in [-0.39, 0.29) is 0 Å². The summed E-state index contributed by atoms with van der Waals surface area (Å²) in [5.74, 6) is 0.806. The maximum absolute atomic E-state index is 3.72. The standard InChI is InChI=1S/C16H34N2/c1-5-7-8-9-10-11-18-13-16(14(3)6-2)17-12-15(18)4/h14-17H,5-13H2,1-4H3. The molecule has 1 fully saturated rings. The van der Waals surface area contributed by atoms with Gasteiger partial charge in [0, 0.05) is 25.2 Å². The summed E-state index contributed by atoms with van der Waals surface area (Å²) < 4.78 is 0. The molecule has 0 aromatic rings. The summed E-state index contributed by atoms with van der Waals surface area (Å²) >= 11 is 0. The van der Waals surface area contributed by atoms with E-state index in [9.17, 15) is 0 Å². The van der Waals surface area contributed by atoms with Gasteiger partial charge in [0.05, 0.1) is 0 Å². The van der Waals surface area contributed by atoms with Gasteiger partial charge in [-0.2, -0.15) is 0 Å². The summed E-state index contributed by atoms with van der Waals surface area (Å²) in [6, 6.07) is 1.43. The topological polar surface area (TPSA) is 15.3 Å². The minimum absolute atomic E-state index is 0.710. The SMILES string of the molecule is CCCCCCCN1CC(C(C)CC)NCC1C. The molecule has 18 heavy (non-hydrogen) atoms. The van der Waals surface area contributed by atoms with E-state index >= 15 is 0 Å². The van der Waals surface area contributed by atoms with Crippen molar-refractivity contribution in [2.45, 2.75) is 78.3 Å². The van der Waals surface area contributed by atoms with Gasteiger partial charge in [-0.15, -0.1) is 0 Å². The van der Waals surface area contributed by atoms with E-state index < -0.39 is 0 Å². The lowest BCUT2D eigenvalue weighted by Crippen LogP contribution is -2.57. The van der Waals surface area contributed by atoms with Gasteiger partial charge in [-0.05, 0) is 25.8 Å². The number of unbranched alkanes of at least 4 members (excludes halogenated alkanes) is 4. The van der Waals surface area contributed by atoms with Gasteiger partial charge >= 0.3 is 0 Å². The van der Waals surface area contributed by atoms with Crippen molar-refractivity contribution in [3.05, 3.63) is 0 Å². The molecule has 0 bridgehead atoms. The molecule has 1 heterocycles. The molecule has 2 heteroatoms. The summed E-state index contributed by atoms with van der Waals surface area (Å²) in [4.78, 5) is 2.71. The van der Waals surface area contributed by atoms with Crippen LogP contribution in [0.2, 0.25) is 0 Å². The van der Waals surface area contributed by atoms with Crippen LogP contribution in [0, 0.1) is 5.92 Å². The Hall–Kier alpha value is -0.0800. The summed E-state index contributed by atoms with van der Waals surface area (Å²) in [5.41, 5.74) is 0. The molecule has 3 atom stereocenters. The van der Waals surface area contributed by atoms with Crippen LogP contribution >= 0.6 is 0 Å². The fourth-order valence-corrected chi connectivity index (χ4v) is 2.84. The molecule has 1 aliphatic rings. The van der Waals surface area contributed by atoms with Crippen LogP contribution < -0.4 is 5.32 Å². The highest BCUT2D eigenvalue weighted by Gasteiger charge is 2.26. The predicted octanol–water partition coefficient (Wildman–Crippen LogP) is 3.67. The normalized spacial score (nSPS) is 27.3. The Labute approximate surface area is 115 Å². The molecule has 0 aliphatic carbocycles. The summed E-state index contributed by atoms with van der Waals surface area (Å²) in [6.07, 6.45) is 8.27.